The molecule has 0 aliphatic rings. The van der Waals surface area contributed by atoms with Gasteiger partial charge in [-0.25, -0.2) is 9.18 Å². The zero-order valence-electron chi connectivity index (χ0n) is 16.3. The number of amides is 1. The van der Waals surface area contributed by atoms with Crippen LogP contribution < -0.4 is 5.32 Å². The second kappa shape index (κ2) is 8.68. The third-order valence-electron chi connectivity index (χ3n) is 4.29. The van der Waals surface area contributed by atoms with Crippen LogP contribution in [0.5, 0.6) is 0 Å². The first-order chi connectivity index (χ1) is 13.9. The second-order valence-electron chi connectivity index (χ2n) is 6.85. The number of halogens is 1. The average molecular weight is 396 g/mol. The summed E-state index contributed by atoms with van der Waals surface area (Å²) >= 11 is 0. The van der Waals surface area contributed by atoms with Gasteiger partial charge in [0.2, 0.25) is 6.10 Å². The molecule has 0 aliphatic carbocycles. The predicted octanol–water partition coefficient (Wildman–Crippen LogP) is 4.78. The third kappa shape index (κ3) is 4.68. The number of hydrogen-bond donors (Lipinski definition) is 1. The monoisotopic (exact) mass is 396 g/mol. The summed E-state index contributed by atoms with van der Waals surface area (Å²) in [5.74, 6) is -1.36. The van der Waals surface area contributed by atoms with Gasteiger partial charge in [0.1, 0.15) is 11.4 Å². The molecule has 0 spiro atoms. The van der Waals surface area contributed by atoms with Gasteiger partial charge < -0.3 is 14.6 Å². The number of hydrogen-bond acceptors (Lipinski definition) is 5. The predicted molar refractivity (Wildman–Crippen MR) is 105 cm³/mol. The summed E-state index contributed by atoms with van der Waals surface area (Å²) < 4.78 is 24.0. The van der Waals surface area contributed by atoms with Gasteiger partial charge >= 0.3 is 5.97 Å². The van der Waals surface area contributed by atoms with Crippen LogP contribution in [0.25, 0.3) is 0 Å². The first kappa shape index (κ1) is 20.3. The van der Waals surface area contributed by atoms with Crippen molar-refractivity contribution < 1.29 is 23.2 Å². The van der Waals surface area contributed by atoms with Crippen LogP contribution in [-0.2, 0) is 9.53 Å². The fourth-order valence-electron chi connectivity index (χ4n) is 2.84. The Morgan fingerprint density at radius 1 is 1.07 bits per heavy atom. The van der Waals surface area contributed by atoms with E-state index < -0.39 is 23.8 Å². The number of carbonyl (C=O) groups excluding carboxylic acids is 2. The lowest BCUT2D eigenvalue weighted by molar-refractivity contribution is -0.125. The molecule has 3 rings (SSSR count). The lowest BCUT2D eigenvalue weighted by Gasteiger charge is -2.18. The summed E-state index contributed by atoms with van der Waals surface area (Å²) in [5, 5.41) is 6.50. The molecule has 3 aromatic rings. The number of rotatable bonds is 6. The first-order valence-corrected chi connectivity index (χ1v) is 9.15. The van der Waals surface area contributed by atoms with Crippen molar-refractivity contribution in [3.8, 4) is 0 Å². The molecule has 1 heterocycles. The van der Waals surface area contributed by atoms with E-state index in [1.807, 2.05) is 13.8 Å². The SMILES string of the molecule is Cc1noc(C(C)C)c1C(=O)O[C@@H](C(=O)Nc1ccc(F)cc1)c1ccccc1. The van der Waals surface area contributed by atoms with Gasteiger partial charge in [-0.05, 0) is 31.2 Å². The highest BCUT2D eigenvalue weighted by Gasteiger charge is 2.30. The zero-order valence-corrected chi connectivity index (χ0v) is 16.3. The highest BCUT2D eigenvalue weighted by molar-refractivity contribution is 5.98. The Morgan fingerprint density at radius 3 is 2.34 bits per heavy atom. The summed E-state index contributed by atoms with van der Waals surface area (Å²) in [5.41, 5.74) is 1.50. The highest BCUT2D eigenvalue weighted by atomic mass is 19.1. The molecule has 0 aliphatic heterocycles. The summed E-state index contributed by atoms with van der Waals surface area (Å²) in [6.45, 7) is 5.38. The van der Waals surface area contributed by atoms with Crippen LogP contribution in [-0.4, -0.2) is 17.0 Å². The van der Waals surface area contributed by atoms with Crippen molar-refractivity contribution in [3.05, 3.63) is 83.0 Å². The number of anilines is 1. The van der Waals surface area contributed by atoms with E-state index in [0.29, 0.717) is 22.7 Å². The number of benzene rings is 2. The van der Waals surface area contributed by atoms with Gasteiger partial charge in [0.25, 0.3) is 5.91 Å². The minimum absolute atomic E-state index is 0.0815. The Morgan fingerprint density at radius 2 is 1.72 bits per heavy atom. The van der Waals surface area contributed by atoms with Crippen LogP contribution >= 0.6 is 0 Å². The van der Waals surface area contributed by atoms with E-state index in [9.17, 15) is 14.0 Å². The fraction of sp³-hybridized carbons (Fsp3) is 0.227. The topological polar surface area (TPSA) is 81.4 Å². The fourth-order valence-corrected chi connectivity index (χ4v) is 2.84. The van der Waals surface area contributed by atoms with Gasteiger partial charge in [0.15, 0.2) is 5.76 Å². The van der Waals surface area contributed by atoms with E-state index in [4.69, 9.17) is 9.26 Å². The van der Waals surface area contributed by atoms with Crippen molar-refractivity contribution in [1.82, 2.24) is 5.16 Å². The summed E-state index contributed by atoms with van der Waals surface area (Å²) in [6.07, 6.45) is -1.21. The summed E-state index contributed by atoms with van der Waals surface area (Å²) in [7, 11) is 0. The number of esters is 1. The second-order valence-corrected chi connectivity index (χ2v) is 6.85. The van der Waals surface area contributed by atoms with Gasteiger partial charge in [-0.1, -0.05) is 49.3 Å². The van der Waals surface area contributed by atoms with Crippen molar-refractivity contribution in [2.24, 2.45) is 0 Å². The van der Waals surface area contributed by atoms with E-state index in [-0.39, 0.29) is 11.5 Å². The van der Waals surface area contributed by atoms with Crippen LogP contribution in [0.3, 0.4) is 0 Å². The molecule has 0 unspecified atom stereocenters. The van der Waals surface area contributed by atoms with E-state index in [0.717, 1.165) is 0 Å². The number of nitrogens with one attached hydrogen (secondary N) is 1. The van der Waals surface area contributed by atoms with Crippen LogP contribution in [0.2, 0.25) is 0 Å². The molecule has 0 saturated carbocycles. The van der Waals surface area contributed by atoms with Gasteiger partial charge in [0, 0.05) is 17.2 Å². The molecule has 0 saturated heterocycles. The summed E-state index contributed by atoms with van der Waals surface area (Å²) in [4.78, 5) is 25.8. The van der Waals surface area contributed by atoms with E-state index in [1.54, 1.807) is 37.3 Å². The van der Waals surface area contributed by atoms with Gasteiger partial charge in [-0.15, -0.1) is 0 Å². The average Bonchev–Trinajstić information content (AvgIpc) is 3.10. The number of aryl methyl sites for hydroxylation is 1. The largest absolute Gasteiger partial charge is 0.444 e. The molecule has 7 heteroatoms. The molecule has 6 nitrogen and oxygen atoms in total. The molecule has 29 heavy (non-hydrogen) atoms. The van der Waals surface area contributed by atoms with E-state index in [2.05, 4.69) is 10.5 Å². The molecule has 1 atom stereocenters. The number of nitrogens with zero attached hydrogens (tertiary/aromatic N) is 1. The van der Waals surface area contributed by atoms with Crippen LogP contribution in [0.4, 0.5) is 10.1 Å². The van der Waals surface area contributed by atoms with Crippen molar-refractivity contribution in [1.29, 1.82) is 0 Å². The molecule has 0 fully saturated rings. The van der Waals surface area contributed by atoms with Gasteiger partial charge in [0.05, 0.1) is 5.69 Å². The van der Waals surface area contributed by atoms with Crippen molar-refractivity contribution >= 4 is 17.6 Å². The maximum atomic E-state index is 13.1. The van der Waals surface area contributed by atoms with Crippen molar-refractivity contribution in [2.45, 2.75) is 32.8 Å². The minimum atomic E-state index is -1.21. The number of ether oxygens (including phenoxy) is 1. The number of carbonyl (C=O) groups is 2. The molecular formula is C22H21FN2O4. The molecule has 150 valence electrons. The van der Waals surface area contributed by atoms with E-state index in [1.165, 1.54) is 24.3 Å². The molecule has 1 aromatic heterocycles. The number of aromatic nitrogens is 1. The lowest BCUT2D eigenvalue weighted by atomic mass is 10.0. The maximum Gasteiger partial charge on any atom is 0.344 e. The lowest BCUT2D eigenvalue weighted by Crippen LogP contribution is -2.26. The van der Waals surface area contributed by atoms with Gasteiger partial charge in [-0.2, -0.15) is 0 Å². The van der Waals surface area contributed by atoms with Gasteiger partial charge in [-0.3, -0.25) is 4.79 Å². The molecule has 2 aromatic carbocycles. The maximum absolute atomic E-state index is 13.1. The molecule has 1 amide bonds. The van der Waals surface area contributed by atoms with Crippen LogP contribution in [0.1, 0.15) is 53.2 Å². The Bertz CT molecular complexity index is 997. The molecular weight excluding hydrogens is 375 g/mol. The standard InChI is InChI=1S/C22H21FN2O4/c1-13(2)19-18(14(3)25-29-19)22(27)28-20(15-7-5-4-6-8-15)21(26)24-17-11-9-16(23)10-12-17/h4-13,20H,1-3H3,(H,24,26)/t20-/m1/s1. The Balaban J connectivity index is 1.88. The Kier molecular flexibility index (Phi) is 6.07. The minimum Gasteiger partial charge on any atom is -0.444 e. The molecule has 1 N–H and O–H groups in total. The Labute approximate surface area is 167 Å². The van der Waals surface area contributed by atoms with Crippen LogP contribution in [0.15, 0.2) is 59.1 Å². The van der Waals surface area contributed by atoms with Crippen molar-refractivity contribution in [2.75, 3.05) is 5.32 Å². The smallest absolute Gasteiger partial charge is 0.344 e. The normalized spacial score (nSPS) is 11.9. The third-order valence-corrected chi connectivity index (χ3v) is 4.29. The summed E-state index contributed by atoms with van der Waals surface area (Å²) in [6, 6.07) is 14.0. The van der Waals surface area contributed by atoms with E-state index >= 15 is 0 Å². The zero-order chi connectivity index (χ0) is 21.0. The Hall–Kier alpha value is -3.48. The molecule has 0 bridgehead atoms. The first-order valence-electron chi connectivity index (χ1n) is 9.15. The van der Waals surface area contributed by atoms with Crippen LogP contribution in [0, 0.1) is 12.7 Å². The van der Waals surface area contributed by atoms with Crippen molar-refractivity contribution in [3.63, 3.8) is 0 Å². The molecule has 0 radical (unpaired) electrons. The highest BCUT2D eigenvalue weighted by Crippen LogP contribution is 2.27. The quantitative estimate of drug-likeness (QED) is 0.606.